The van der Waals surface area contributed by atoms with E-state index in [9.17, 15) is 9.90 Å². The Hall–Kier alpha value is -0.350. The number of carbonyl (C=O) groups excluding carboxylic acids is 1. The molecule has 0 spiro atoms. The van der Waals surface area contributed by atoms with Crippen molar-refractivity contribution in [3.05, 3.63) is 22.1 Å². The lowest BCUT2D eigenvalue weighted by Gasteiger charge is -2.05. The first-order valence-corrected chi connectivity index (χ1v) is 5.02. The van der Waals surface area contributed by atoms with Gasteiger partial charge in [0.1, 0.15) is 5.76 Å². The smallest absolute Gasteiger partial charge is 0.159 e. The number of hydrogen-bond donors (Lipinski definition) is 1. The number of aliphatic hydroxyl groups excluding tert-OH is 1. The molecule has 0 aromatic heterocycles. The molecule has 0 aliphatic carbocycles. The Morgan fingerprint density at radius 3 is 3.09 bits per heavy atom. The van der Waals surface area contributed by atoms with Gasteiger partial charge < -0.3 is 5.11 Å². The van der Waals surface area contributed by atoms with Crippen molar-refractivity contribution >= 4 is 29.8 Å². The van der Waals surface area contributed by atoms with Crippen LogP contribution in [-0.4, -0.2) is 21.9 Å². The van der Waals surface area contributed by atoms with Crippen LogP contribution in [0.3, 0.4) is 0 Å². The van der Waals surface area contributed by atoms with Gasteiger partial charge in [-0.1, -0.05) is 6.08 Å². The number of hydrogen-bond acceptors (Lipinski definition) is 4. The molecule has 0 saturated carbocycles. The Kier molecular flexibility index (Phi) is 1.73. The second-order valence-corrected chi connectivity index (χ2v) is 4.61. The molecule has 0 radical (unpaired) electrons. The minimum absolute atomic E-state index is 0.0974. The van der Waals surface area contributed by atoms with E-state index in [1.807, 2.05) is 11.5 Å². The summed E-state index contributed by atoms with van der Waals surface area (Å²) in [6.07, 6.45) is 2.75. The molecule has 58 valence electrons. The first-order valence-electron chi connectivity index (χ1n) is 3.20. The van der Waals surface area contributed by atoms with Crippen LogP contribution in [-0.2, 0) is 4.79 Å². The summed E-state index contributed by atoms with van der Waals surface area (Å²) >= 11 is 3.02. The monoisotopic (exact) mass is 186 g/mol. The van der Waals surface area contributed by atoms with E-state index in [2.05, 4.69) is 0 Å². The third-order valence-corrected chi connectivity index (χ3v) is 4.24. The minimum Gasteiger partial charge on any atom is -0.510 e. The Balaban J connectivity index is 2.27. The molecule has 1 N–H and O–H groups in total. The van der Waals surface area contributed by atoms with Gasteiger partial charge >= 0.3 is 0 Å². The number of allylic oxidation sites excluding steroid dienone is 1. The van der Waals surface area contributed by atoms with Crippen LogP contribution in [0.15, 0.2) is 22.1 Å². The van der Waals surface area contributed by atoms with Crippen molar-refractivity contribution < 1.29 is 9.90 Å². The molecular formula is C7H6O2S2. The average molecular weight is 186 g/mol. The van der Waals surface area contributed by atoms with E-state index in [0.29, 0.717) is 4.91 Å². The van der Waals surface area contributed by atoms with Gasteiger partial charge in [0.05, 0.1) is 10.2 Å². The molecular weight excluding hydrogens is 180 g/mol. The molecule has 2 rings (SSSR count). The molecule has 0 bridgehead atoms. The van der Waals surface area contributed by atoms with Crippen LogP contribution in [0.2, 0.25) is 0 Å². The molecule has 0 fully saturated rings. The predicted molar refractivity (Wildman–Crippen MR) is 47.6 cm³/mol. The summed E-state index contributed by atoms with van der Waals surface area (Å²) in [7, 11) is 0. The molecule has 2 unspecified atom stereocenters. The molecule has 11 heavy (non-hydrogen) atoms. The quantitative estimate of drug-likeness (QED) is 0.632. The van der Waals surface area contributed by atoms with E-state index >= 15 is 0 Å². The zero-order valence-corrected chi connectivity index (χ0v) is 7.19. The van der Waals surface area contributed by atoms with Gasteiger partial charge in [-0.2, -0.15) is 0 Å². The van der Waals surface area contributed by atoms with Crippen molar-refractivity contribution in [3.63, 3.8) is 0 Å². The molecule has 0 aromatic carbocycles. The second kappa shape index (κ2) is 2.60. The Bertz CT molecular complexity index is 257. The zero-order chi connectivity index (χ0) is 7.84. The number of aliphatic hydroxyl groups is 1. The largest absolute Gasteiger partial charge is 0.510 e. The summed E-state index contributed by atoms with van der Waals surface area (Å²) in [6.45, 7) is 0. The maximum absolute atomic E-state index is 10.4. The van der Waals surface area contributed by atoms with Crippen molar-refractivity contribution in [2.24, 2.45) is 0 Å². The van der Waals surface area contributed by atoms with Gasteiger partial charge in [0.2, 0.25) is 0 Å². The fourth-order valence-electron chi connectivity index (χ4n) is 1.14. The summed E-state index contributed by atoms with van der Waals surface area (Å²) in [5.74, 6) is 0.255. The van der Waals surface area contributed by atoms with Crippen LogP contribution >= 0.6 is 23.5 Å². The van der Waals surface area contributed by atoms with Crippen LogP contribution in [0.1, 0.15) is 0 Å². The highest BCUT2D eigenvalue weighted by atomic mass is 32.2. The number of aldehydes is 1. The van der Waals surface area contributed by atoms with Crippen molar-refractivity contribution in [1.82, 2.24) is 0 Å². The van der Waals surface area contributed by atoms with E-state index in [1.54, 1.807) is 11.8 Å². The average Bonchev–Trinajstić information content (AvgIpc) is 2.53. The third kappa shape index (κ3) is 1.01. The van der Waals surface area contributed by atoms with Gasteiger partial charge in [-0.3, -0.25) is 4.79 Å². The molecule has 0 saturated heterocycles. The molecule has 0 aromatic rings. The topological polar surface area (TPSA) is 37.3 Å². The van der Waals surface area contributed by atoms with Crippen LogP contribution in [0.25, 0.3) is 0 Å². The summed E-state index contributed by atoms with van der Waals surface area (Å²) in [5, 5.41) is 11.8. The van der Waals surface area contributed by atoms with Crippen LogP contribution in [0.4, 0.5) is 0 Å². The molecule has 2 nitrogen and oxygen atoms in total. The highest BCUT2D eigenvalue weighted by Crippen LogP contribution is 2.46. The lowest BCUT2D eigenvalue weighted by atomic mass is 10.2. The van der Waals surface area contributed by atoms with Crippen LogP contribution < -0.4 is 0 Å². The van der Waals surface area contributed by atoms with E-state index < -0.39 is 0 Å². The minimum atomic E-state index is 0.0974. The summed E-state index contributed by atoms with van der Waals surface area (Å²) in [6, 6.07) is 0. The number of fused-ring (bicyclic) bond motifs is 1. The van der Waals surface area contributed by atoms with Gasteiger partial charge in [-0.25, -0.2) is 0 Å². The summed E-state index contributed by atoms with van der Waals surface area (Å²) in [4.78, 5) is 10.9. The fraction of sp³-hybridized carbons (Fsp3) is 0.286. The molecule has 4 heteroatoms. The number of rotatable bonds is 1. The van der Waals surface area contributed by atoms with Crippen LogP contribution in [0, 0.1) is 0 Å². The van der Waals surface area contributed by atoms with Gasteiger partial charge in [0.15, 0.2) is 6.29 Å². The fourth-order valence-corrected chi connectivity index (χ4v) is 3.61. The van der Waals surface area contributed by atoms with Crippen molar-refractivity contribution in [3.8, 4) is 0 Å². The Morgan fingerprint density at radius 1 is 1.64 bits per heavy atom. The number of carbonyl (C=O) groups is 1. The number of thioether (sulfide) groups is 2. The van der Waals surface area contributed by atoms with E-state index in [4.69, 9.17) is 0 Å². The standard InChI is InChI=1S/C7H6O2S2/c8-3-5-6(9)7-4(11-5)1-2-10-7/h1-4,7,9H. The molecule has 2 aliphatic rings. The maximum Gasteiger partial charge on any atom is 0.159 e. The highest BCUT2D eigenvalue weighted by Gasteiger charge is 2.36. The lowest BCUT2D eigenvalue weighted by Crippen LogP contribution is -2.09. The third-order valence-electron chi connectivity index (χ3n) is 1.68. The van der Waals surface area contributed by atoms with E-state index in [1.165, 1.54) is 11.8 Å². The molecule has 2 heterocycles. The van der Waals surface area contributed by atoms with E-state index in [0.717, 1.165) is 6.29 Å². The Labute approximate surface area is 72.7 Å². The highest BCUT2D eigenvalue weighted by molar-refractivity contribution is 8.09. The van der Waals surface area contributed by atoms with Crippen molar-refractivity contribution in [1.29, 1.82) is 0 Å². The summed E-state index contributed by atoms with van der Waals surface area (Å²) in [5.41, 5.74) is 0. The zero-order valence-electron chi connectivity index (χ0n) is 5.56. The van der Waals surface area contributed by atoms with Gasteiger partial charge in [-0.05, 0) is 5.41 Å². The predicted octanol–water partition coefficient (Wildman–Crippen LogP) is 1.70. The summed E-state index contributed by atoms with van der Waals surface area (Å²) < 4.78 is 0. The second-order valence-electron chi connectivity index (χ2n) is 2.34. The normalized spacial score (nSPS) is 34.5. The first-order chi connectivity index (χ1) is 5.33. The van der Waals surface area contributed by atoms with Gasteiger partial charge in [0, 0.05) is 5.25 Å². The Morgan fingerprint density at radius 2 is 2.45 bits per heavy atom. The molecule has 2 atom stereocenters. The lowest BCUT2D eigenvalue weighted by molar-refractivity contribution is -0.104. The van der Waals surface area contributed by atoms with E-state index in [-0.39, 0.29) is 16.3 Å². The molecule has 2 aliphatic heterocycles. The van der Waals surface area contributed by atoms with Crippen LogP contribution in [0.5, 0.6) is 0 Å². The first kappa shape index (κ1) is 7.31. The van der Waals surface area contributed by atoms with Gasteiger partial charge in [0.25, 0.3) is 0 Å². The molecule has 0 amide bonds. The maximum atomic E-state index is 10.4. The SMILES string of the molecule is O=CC1=C(O)C2SC=CC2S1. The van der Waals surface area contributed by atoms with Crippen molar-refractivity contribution in [2.75, 3.05) is 0 Å². The van der Waals surface area contributed by atoms with Gasteiger partial charge in [-0.15, -0.1) is 23.5 Å². The van der Waals surface area contributed by atoms with Crippen molar-refractivity contribution in [2.45, 2.75) is 10.5 Å².